The van der Waals surface area contributed by atoms with E-state index in [9.17, 15) is 4.79 Å². The van der Waals surface area contributed by atoms with Gasteiger partial charge in [0, 0.05) is 25.2 Å². The number of amides is 1. The molecule has 4 heteroatoms. The molecule has 0 spiro atoms. The topological polar surface area (TPSA) is 58.4 Å². The summed E-state index contributed by atoms with van der Waals surface area (Å²) in [5, 5.41) is 3.69. The van der Waals surface area contributed by atoms with E-state index in [0.29, 0.717) is 18.6 Å². The van der Waals surface area contributed by atoms with Crippen LogP contribution in [0, 0.1) is 6.92 Å². The fourth-order valence-corrected chi connectivity index (χ4v) is 2.78. The first-order valence-electron chi connectivity index (χ1n) is 7.38. The van der Waals surface area contributed by atoms with Crippen LogP contribution < -0.4 is 11.1 Å². The number of carbonyl (C=O) groups is 1. The average Bonchev–Trinajstić information content (AvgIpc) is 2.41. The highest BCUT2D eigenvalue weighted by molar-refractivity contribution is 5.75. The van der Waals surface area contributed by atoms with E-state index in [-0.39, 0.29) is 5.91 Å². The van der Waals surface area contributed by atoms with Crippen molar-refractivity contribution in [3.8, 4) is 0 Å². The largest absolute Gasteiger partial charge is 0.369 e. The minimum atomic E-state index is -0.232. The third-order valence-electron chi connectivity index (χ3n) is 4.03. The van der Waals surface area contributed by atoms with Crippen LogP contribution in [-0.4, -0.2) is 36.5 Å². The Morgan fingerprint density at radius 2 is 1.95 bits per heavy atom. The van der Waals surface area contributed by atoms with Crippen LogP contribution in [0.2, 0.25) is 0 Å². The van der Waals surface area contributed by atoms with Gasteiger partial charge >= 0.3 is 0 Å². The van der Waals surface area contributed by atoms with Crippen molar-refractivity contribution in [2.45, 2.75) is 38.8 Å². The average molecular weight is 275 g/mol. The van der Waals surface area contributed by atoms with Crippen LogP contribution in [0.5, 0.6) is 0 Å². The molecule has 0 aliphatic carbocycles. The smallest absolute Gasteiger partial charge is 0.231 e. The summed E-state index contributed by atoms with van der Waals surface area (Å²) >= 11 is 0. The predicted octanol–water partition coefficient (Wildman–Crippen LogP) is 1.60. The lowest BCUT2D eigenvalue weighted by molar-refractivity contribution is -0.119. The Morgan fingerprint density at radius 3 is 2.50 bits per heavy atom. The van der Waals surface area contributed by atoms with Gasteiger partial charge in [-0.2, -0.15) is 0 Å². The van der Waals surface area contributed by atoms with Crippen molar-refractivity contribution < 1.29 is 4.79 Å². The molecule has 2 rings (SSSR count). The summed E-state index contributed by atoms with van der Waals surface area (Å²) in [4.78, 5) is 13.0. The zero-order chi connectivity index (χ0) is 14.5. The standard InChI is InChI=1S/C16H25N3O/c1-12-3-5-14(6-4-12)13(2)18-15-7-9-19(10-8-15)11-16(17)20/h3-6,13,15,18H,7-11H2,1-2H3,(H2,17,20). The van der Waals surface area contributed by atoms with Crippen LogP contribution in [0.15, 0.2) is 24.3 Å². The van der Waals surface area contributed by atoms with E-state index in [1.165, 1.54) is 11.1 Å². The number of nitrogens with zero attached hydrogens (tertiary/aromatic N) is 1. The van der Waals surface area contributed by atoms with Gasteiger partial charge in [0.15, 0.2) is 0 Å². The van der Waals surface area contributed by atoms with Gasteiger partial charge in [-0.15, -0.1) is 0 Å². The zero-order valence-electron chi connectivity index (χ0n) is 12.4. The number of hydrogen-bond donors (Lipinski definition) is 2. The number of hydrogen-bond acceptors (Lipinski definition) is 3. The summed E-state index contributed by atoms with van der Waals surface area (Å²) in [5.41, 5.74) is 7.85. The molecule has 1 heterocycles. The fraction of sp³-hybridized carbons (Fsp3) is 0.562. The Bertz CT molecular complexity index is 436. The molecule has 110 valence electrons. The highest BCUT2D eigenvalue weighted by atomic mass is 16.1. The molecule has 1 atom stereocenters. The van der Waals surface area contributed by atoms with Crippen molar-refractivity contribution in [2.75, 3.05) is 19.6 Å². The number of piperidine rings is 1. The van der Waals surface area contributed by atoms with Crippen LogP contribution in [-0.2, 0) is 4.79 Å². The summed E-state index contributed by atoms with van der Waals surface area (Å²) in [6.45, 7) is 6.60. The minimum absolute atomic E-state index is 0.232. The molecular weight excluding hydrogens is 250 g/mol. The number of nitrogens with two attached hydrogens (primary N) is 1. The van der Waals surface area contributed by atoms with Crippen LogP contribution in [0.1, 0.15) is 36.9 Å². The van der Waals surface area contributed by atoms with Gasteiger partial charge in [0.2, 0.25) is 5.91 Å². The van der Waals surface area contributed by atoms with Crippen LogP contribution in [0.25, 0.3) is 0 Å². The summed E-state index contributed by atoms with van der Waals surface area (Å²) in [6, 6.07) is 9.58. The molecule has 1 aliphatic heterocycles. The first kappa shape index (κ1) is 15.0. The molecule has 3 N–H and O–H groups in total. The molecule has 1 unspecified atom stereocenters. The Morgan fingerprint density at radius 1 is 1.35 bits per heavy atom. The number of carbonyl (C=O) groups excluding carboxylic acids is 1. The van der Waals surface area contributed by atoms with Crippen molar-refractivity contribution >= 4 is 5.91 Å². The van der Waals surface area contributed by atoms with E-state index in [1.54, 1.807) is 0 Å². The van der Waals surface area contributed by atoms with Gasteiger partial charge in [0.25, 0.3) is 0 Å². The van der Waals surface area contributed by atoms with Crippen molar-refractivity contribution in [3.63, 3.8) is 0 Å². The Hall–Kier alpha value is -1.39. The number of nitrogens with one attached hydrogen (secondary N) is 1. The molecule has 0 bridgehead atoms. The summed E-state index contributed by atoms with van der Waals surface area (Å²) in [7, 11) is 0. The molecule has 1 aliphatic rings. The lowest BCUT2D eigenvalue weighted by Gasteiger charge is -2.33. The number of likely N-dealkylation sites (tertiary alicyclic amines) is 1. The fourth-order valence-electron chi connectivity index (χ4n) is 2.78. The van der Waals surface area contributed by atoms with Gasteiger partial charge in [0.05, 0.1) is 6.54 Å². The van der Waals surface area contributed by atoms with Crippen LogP contribution in [0.4, 0.5) is 0 Å². The van der Waals surface area contributed by atoms with E-state index in [2.05, 4.69) is 48.3 Å². The summed E-state index contributed by atoms with van der Waals surface area (Å²) in [6.07, 6.45) is 2.15. The van der Waals surface area contributed by atoms with Gasteiger partial charge in [0.1, 0.15) is 0 Å². The SMILES string of the molecule is Cc1ccc(C(C)NC2CCN(CC(N)=O)CC2)cc1. The molecule has 1 amide bonds. The lowest BCUT2D eigenvalue weighted by atomic mass is 10.0. The van der Waals surface area contributed by atoms with E-state index < -0.39 is 0 Å². The molecule has 1 saturated heterocycles. The van der Waals surface area contributed by atoms with Crippen molar-refractivity contribution in [2.24, 2.45) is 5.73 Å². The van der Waals surface area contributed by atoms with Crippen molar-refractivity contribution in [3.05, 3.63) is 35.4 Å². The highest BCUT2D eigenvalue weighted by Crippen LogP contribution is 2.17. The van der Waals surface area contributed by atoms with E-state index in [4.69, 9.17) is 5.73 Å². The first-order valence-corrected chi connectivity index (χ1v) is 7.38. The Labute approximate surface area is 121 Å². The number of aryl methyl sites for hydroxylation is 1. The van der Waals surface area contributed by atoms with E-state index in [1.807, 2.05) is 0 Å². The maximum Gasteiger partial charge on any atom is 0.231 e. The summed E-state index contributed by atoms with van der Waals surface area (Å²) in [5.74, 6) is -0.232. The summed E-state index contributed by atoms with van der Waals surface area (Å²) < 4.78 is 0. The Balaban J connectivity index is 1.80. The normalized spacial score (nSPS) is 18.9. The van der Waals surface area contributed by atoms with Crippen LogP contribution >= 0.6 is 0 Å². The second kappa shape index (κ2) is 6.86. The molecule has 20 heavy (non-hydrogen) atoms. The minimum Gasteiger partial charge on any atom is -0.369 e. The first-order chi connectivity index (χ1) is 9.54. The molecular formula is C16H25N3O. The van der Waals surface area contributed by atoms with Crippen molar-refractivity contribution in [1.29, 1.82) is 0 Å². The molecule has 1 fully saturated rings. The van der Waals surface area contributed by atoms with Gasteiger partial charge < -0.3 is 11.1 Å². The monoisotopic (exact) mass is 275 g/mol. The zero-order valence-corrected chi connectivity index (χ0v) is 12.4. The lowest BCUT2D eigenvalue weighted by Crippen LogP contribution is -2.45. The molecule has 4 nitrogen and oxygen atoms in total. The number of rotatable bonds is 5. The second-order valence-corrected chi connectivity index (χ2v) is 5.82. The van der Waals surface area contributed by atoms with Crippen LogP contribution in [0.3, 0.4) is 0 Å². The van der Waals surface area contributed by atoms with E-state index >= 15 is 0 Å². The van der Waals surface area contributed by atoms with Gasteiger partial charge in [-0.05, 0) is 32.3 Å². The van der Waals surface area contributed by atoms with Crippen molar-refractivity contribution in [1.82, 2.24) is 10.2 Å². The number of primary amides is 1. The third kappa shape index (κ3) is 4.32. The highest BCUT2D eigenvalue weighted by Gasteiger charge is 2.21. The maximum atomic E-state index is 10.9. The second-order valence-electron chi connectivity index (χ2n) is 5.82. The molecule has 1 aromatic rings. The van der Waals surface area contributed by atoms with Gasteiger partial charge in [-0.25, -0.2) is 0 Å². The molecule has 0 radical (unpaired) electrons. The third-order valence-corrected chi connectivity index (χ3v) is 4.03. The maximum absolute atomic E-state index is 10.9. The molecule has 1 aromatic carbocycles. The van der Waals surface area contributed by atoms with E-state index in [0.717, 1.165) is 25.9 Å². The number of benzene rings is 1. The molecule has 0 saturated carbocycles. The van der Waals surface area contributed by atoms with Gasteiger partial charge in [-0.1, -0.05) is 29.8 Å². The predicted molar refractivity (Wildman–Crippen MR) is 81.4 cm³/mol. The molecule has 0 aromatic heterocycles. The quantitative estimate of drug-likeness (QED) is 0.858. The Kier molecular flexibility index (Phi) is 5.15. The van der Waals surface area contributed by atoms with Gasteiger partial charge in [-0.3, -0.25) is 9.69 Å².